The van der Waals surface area contributed by atoms with Crippen LogP contribution in [-0.4, -0.2) is 48.5 Å². The smallest absolute Gasteiger partial charge is 0.266 e. The molecular formula is C20H17Cl2N5O3. The van der Waals surface area contributed by atoms with E-state index in [4.69, 9.17) is 32.0 Å². The van der Waals surface area contributed by atoms with Gasteiger partial charge in [0.25, 0.3) is 5.89 Å². The van der Waals surface area contributed by atoms with Crippen LogP contribution in [0.5, 0.6) is 0 Å². The Balaban J connectivity index is 1.36. The fourth-order valence-electron chi connectivity index (χ4n) is 3.21. The molecule has 1 N–H and O–H groups in total. The Morgan fingerprint density at radius 2 is 2.00 bits per heavy atom. The number of benzene rings is 1. The molecule has 1 aliphatic heterocycles. The molecule has 1 amide bonds. The SMILES string of the molecule is N#Cc1nc(-c2ccco2)oc1N1CCN(CC(=O)Nc2cccc(Cl)c2Cl)CC1. The van der Waals surface area contributed by atoms with Crippen LogP contribution in [0.25, 0.3) is 11.7 Å². The molecule has 0 aliphatic carbocycles. The van der Waals surface area contributed by atoms with Crippen molar-refractivity contribution in [3.63, 3.8) is 0 Å². The van der Waals surface area contributed by atoms with Crippen molar-refractivity contribution in [2.24, 2.45) is 0 Å². The van der Waals surface area contributed by atoms with E-state index in [1.54, 1.807) is 30.3 Å². The quantitative estimate of drug-likeness (QED) is 0.635. The van der Waals surface area contributed by atoms with E-state index >= 15 is 0 Å². The maximum absolute atomic E-state index is 12.4. The van der Waals surface area contributed by atoms with Gasteiger partial charge in [-0.1, -0.05) is 29.3 Å². The van der Waals surface area contributed by atoms with Crippen molar-refractivity contribution in [1.29, 1.82) is 5.26 Å². The molecule has 1 aromatic carbocycles. The molecule has 0 atom stereocenters. The van der Waals surface area contributed by atoms with Crippen LogP contribution < -0.4 is 10.2 Å². The van der Waals surface area contributed by atoms with Crippen LogP contribution >= 0.6 is 23.2 Å². The van der Waals surface area contributed by atoms with E-state index in [1.807, 2.05) is 9.80 Å². The van der Waals surface area contributed by atoms with E-state index in [1.165, 1.54) is 6.26 Å². The highest BCUT2D eigenvalue weighted by Gasteiger charge is 2.26. The van der Waals surface area contributed by atoms with E-state index < -0.39 is 0 Å². The standard InChI is InChI=1S/C20H17Cl2N5O3/c21-13-3-1-4-14(18(13)22)24-17(28)12-26-6-8-27(9-7-26)20-15(11-23)25-19(30-20)16-5-2-10-29-16/h1-5,10H,6-9,12H2,(H,24,28). The van der Waals surface area contributed by atoms with Crippen LogP contribution in [0.15, 0.2) is 45.4 Å². The fourth-order valence-corrected chi connectivity index (χ4v) is 3.55. The Labute approximate surface area is 182 Å². The summed E-state index contributed by atoms with van der Waals surface area (Å²) in [4.78, 5) is 20.6. The van der Waals surface area contributed by atoms with Gasteiger partial charge >= 0.3 is 0 Å². The number of piperazine rings is 1. The number of aromatic nitrogens is 1. The van der Waals surface area contributed by atoms with E-state index in [9.17, 15) is 10.1 Å². The lowest BCUT2D eigenvalue weighted by Crippen LogP contribution is -2.48. The Morgan fingerprint density at radius 3 is 2.70 bits per heavy atom. The molecule has 3 heterocycles. The predicted octanol–water partition coefficient (Wildman–Crippen LogP) is 3.87. The van der Waals surface area contributed by atoms with Crippen molar-refractivity contribution in [1.82, 2.24) is 9.88 Å². The van der Waals surface area contributed by atoms with Crippen molar-refractivity contribution in [3.05, 3.63) is 52.3 Å². The number of amides is 1. The number of nitrogens with one attached hydrogen (secondary N) is 1. The molecule has 0 radical (unpaired) electrons. The summed E-state index contributed by atoms with van der Waals surface area (Å²) >= 11 is 12.1. The molecule has 1 saturated heterocycles. The minimum Gasteiger partial charge on any atom is -0.459 e. The summed E-state index contributed by atoms with van der Waals surface area (Å²) in [5, 5.41) is 12.9. The molecule has 3 aromatic rings. The first kappa shape index (κ1) is 20.3. The monoisotopic (exact) mass is 445 g/mol. The van der Waals surface area contributed by atoms with E-state index in [0.717, 1.165) is 0 Å². The number of oxazole rings is 1. The molecule has 0 unspecified atom stereocenters. The Bertz CT molecular complexity index is 1080. The summed E-state index contributed by atoms with van der Waals surface area (Å²) < 4.78 is 11.1. The second-order valence-corrected chi connectivity index (χ2v) is 7.46. The minimum atomic E-state index is -0.176. The number of hydrogen-bond acceptors (Lipinski definition) is 7. The van der Waals surface area contributed by atoms with Gasteiger partial charge in [-0.15, -0.1) is 0 Å². The number of rotatable bonds is 5. The first-order chi connectivity index (χ1) is 14.5. The number of nitrogens with zero attached hydrogens (tertiary/aromatic N) is 4. The minimum absolute atomic E-state index is 0.176. The number of carbonyl (C=O) groups is 1. The predicted molar refractivity (Wildman–Crippen MR) is 113 cm³/mol. The van der Waals surface area contributed by atoms with Gasteiger partial charge in [0.2, 0.25) is 17.5 Å². The molecule has 0 spiro atoms. The zero-order valence-electron chi connectivity index (χ0n) is 15.8. The highest BCUT2D eigenvalue weighted by molar-refractivity contribution is 6.44. The maximum atomic E-state index is 12.4. The second kappa shape index (κ2) is 8.79. The number of anilines is 2. The molecular weight excluding hydrogens is 429 g/mol. The third kappa shape index (κ3) is 4.28. The van der Waals surface area contributed by atoms with Crippen LogP contribution in [0.4, 0.5) is 11.6 Å². The number of halogens is 2. The van der Waals surface area contributed by atoms with Crippen LogP contribution in [0.2, 0.25) is 10.0 Å². The van der Waals surface area contributed by atoms with Gasteiger partial charge in [-0.25, -0.2) is 0 Å². The van der Waals surface area contributed by atoms with Gasteiger partial charge in [0.15, 0.2) is 5.76 Å². The van der Waals surface area contributed by atoms with Crippen molar-refractivity contribution in [3.8, 4) is 17.7 Å². The molecule has 8 nitrogen and oxygen atoms in total. The number of hydrogen-bond donors (Lipinski definition) is 1. The van der Waals surface area contributed by atoms with E-state index in [0.29, 0.717) is 53.6 Å². The maximum Gasteiger partial charge on any atom is 0.266 e. The lowest BCUT2D eigenvalue weighted by atomic mass is 10.3. The molecule has 154 valence electrons. The van der Waals surface area contributed by atoms with Gasteiger partial charge in [0, 0.05) is 26.2 Å². The first-order valence-electron chi connectivity index (χ1n) is 9.21. The first-order valence-corrected chi connectivity index (χ1v) is 9.96. The topological polar surface area (TPSA) is 98.5 Å². The number of nitriles is 1. The van der Waals surface area contributed by atoms with E-state index in [2.05, 4.69) is 16.4 Å². The molecule has 10 heteroatoms. The summed E-state index contributed by atoms with van der Waals surface area (Å²) in [6.07, 6.45) is 1.52. The van der Waals surface area contributed by atoms with E-state index in [-0.39, 0.29) is 24.0 Å². The van der Waals surface area contributed by atoms with Crippen LogP contribution in [0.1, 0.15) is 5.69 Å². The van der Waals surface area contributed by atoms with Crippen LogP contribution in [-0.2, 0) is 4.79 Å². The highest BCUT2D eigenvalue weighted by Crippen LogP contribution is 2.30. The molecule has 1 fully saturated rings. The second-order valence-electron chi connectivity index (χ2n) is 6.67. The van der Waals surface area contributed by atoms with Crippen molar-refractivity contribution in [2.45, 2.75) is 0 Å². The average Bonchev–Trinajstić information content (AvgIpc) is 3.41. The third-order valence-corrected chi connectivity index (χ3v) is 5.52. The van der Waals surface area contributed by atoms with Gasteiger partial charge < -0.3 is 19.1 Å². The van der Waals surface area contributed by atoms with Crippen molar-refractivity contribution >= 4 is 40.7 Å². The van der Waals surface area contributed by atoms with Crippen LogP contribution in [0, 0.1) is 11.3 Å². The highest BCUT2D eigenvalue weighted by atomic mass is 35.5. The van der Waals surface area contributed by atoms with Gasteiger partial charge in [-0.2, -0.15) is 10.2 Å². The zero-order chi connectivity index (χ0) is 21.1. The van der Waals surface area contributed by atoms with Gasteiger partial charge in [-0.3, -0.25) is 9.69 Å². The van der Waals surface area contributed by atoms with Crippen LogP contribution in [0.3, 0.4) is 0 Å². The Morgan fingerprint density at radius 1 is 1.20 bits per heavy atom. The largest absolute Gasteiger partial charge is 0.459 e. The lowest BCUT2D eigenvalue weighted by molar-refractivity contribution is -0.117. The third-order valence-electron chi connectivity index (χ3n) is 4.70. The number of furan rings is 1. The number of carbonyl (C=O) groups excluding carboxylic acids is 1. The molecule has 1 aliphatic rings. The van der Waals surface area contributed by atoms with Gasteiger partial charge in [-0.05, 0) is 24.3 Å². The Kier molecular flexibility index (Phi) is 5.95. The fraction of sp³-hybridized carbons (Fsp3) is 0.250. The van der Waals surface area contributed by atoms with Crippen molar-refractivity contribution < 1.29 is 13.6 Å². The average molecular weight is 446 g/mol. The summed E-state index contributed by atoms with van der Waals surface area (Å²) in [7, 11) is 0. The van der Waals surface area contributed by atoms with Gasteiger partial charge in [0.1, 0.15) is 6.07 Å². The lowest BCUT2D eigenvalue weighted by Gasteiger charge is -2.34. The summed E-state index contributed by atoms with van der Waals surface area (Å²) in [6, 6.07) is 10.6. The van der Waals surface area contributed by atoms with Gasteiger partial charge in [0.05, 0.1) is 28.5 Å². The summed E-state index contributed by atoms with van der Waals surface area (Å²) in [5.74, 6) is 0.975. The summed E-state index contributed by atoms with van der Waals surface area (Å²) in [6.45, 7) is 2.64. The summed E-state index contributed by atoms with van der Waals surface area (Å²) in [5.41, 5.74) is 0.696. The molecule has 0 bridgehead atoms. The zero-order valence-corrected chi connectivity index (χ0v) is 17.3. The molecule has 4 rings (SSSR count). The molecule has 2 aromatic heterocycles. The van der Waals surface area contributed by atoms with Crippen molar-refractivity contribution in [2.75, 3.05) is 42.9 Å². The normalized spacial score (nSPS) is 14.5. The Hall–Kier alpha value is -2.99. The molecule has 0 saturated carbocycles. The molecule has 30 heavy (non-hydrogen) atoms.